The first-order chi connectivity index (χ1) is 11.4. The largest absolute Gasteiger partial charge is 0.493 e. The fourth-order valence-electron chi connectivity index (χ4n) is 2.12. The standard InChI is InChI=1S/C17H19NO5S/c1-12(19)14-5-7-15(8-6-14)24(20,21)18-11-13-4-9-16(22-2)17(10-13)23-3/h4-10,18H,11H2,1-3H3. The molecule has 1 N–H and O–H groups in total. The maximum Gasteiger partial charge on any atom is 0.240 e. The molecule has 0 aliphatic rings. The molecule has 2 rings (SSSR count). The van der Waals surface area contributed by atoms with Gasteiger partial charge in [-0.05, 0) is 36.8 Å². The zero-order chi connectivity index (χ0) is 17.7. The van der Waals surface area contributed by atoms with Crippen molar-refractivity contribution in [3.05, 3.63) is 53.6 Å². The van der Waals surface area contributed by atoms with Gasteiger partial charge in [0.05, 0.1) is 19.1 Å². The second-order valence-electron chi connectivity index (χ2n) is 5.09. The maximum absolute atomic E-state index is 12.3. The van der Waals surface area contributed by atoms with Gasteiger partial charge in [-0.15, -0.1) is 0 Å². The topological polar surface area (TPSA) is 81.7 Å². The number of benzene rings is 2. The quantitative estimate of drug-likeness (QED) is 0.776. The first-order valence-corrected chi connectivity index (χ1v) is 8.67. The monoisotopic (exact) mass is 349 g/mol. The third kappa shape index (κ3) is 4.12. The lowest BCUT2D eigenvalue weighted by atomic mass is 10.2. The average Bonchev–Trinajstić information content (AvgIpc) is 2.59. The van der Waals surface area contributed by atoms with E-state index in [1.54, 1.807) is 18.2 Å². The Morgan fingerprint density at radius 1 is 1.00 bits per heavy atom. The summed E-state index contributed by atoms with van der Waals surface area (Å²) in [5, 5.41) is 0. The van der Waals surface area contributed by atoms with Crippen molar-refractivity contribution in [2.24, 2.45) is 0 Å². The lowest BCUT2D eigenvalue weighted by Crippen LogP contribution is -2.23. The molecule has 0 atom stereocenters. The number of Topliss-reactive ketones (excluding diaryl/α,β-unsaturated/α-hetero) is 1. The van der Waals surface area contributed by atoms with Gasteiger partial charge in [0.2, 0.25) is 10.0 Å². The molecule has 0 aliphatic carbocycles. The van der Waals surface area contributed by atoms with Gasteiger partial charge in [0, 0.05) is 12.1 Å². The van der Waals surface area contributed by atoms with Gasteiger partial charge < -0.3 is 9.47 Å². The molecule has 0 radical (unpaired) electrons. The number of ether oxygens (including phenoxy) is 2. The molecule has 24 heavy (non-hydrogen) atoms. The molecule has 0 unspecified atom stereocenters. The van der Waals surface area contributed by atoms with Gasteiger partial charge in [-0.1, -0.05) is 18.2 Å². The van der Waals surface area contributed by atoms with E-state index in [1.807, 2.05) is 0 Å². The zero-order valence-electron chi connectivity index (χ0n) is 13.7. The Hall–Kier alpha value is -2.38. The molecule has 0 saturated carbocycles. The third-order valence-corrected chi connectivity index (χ3v) is 4.90. The molecule has 2 aromatic rings. The van der Waals surface area contributed by atoms with E-state index in [0.29, 0.717) is 17.1 Å². The molecular weight excluding hydrogens is 330 g/mol. The second-order valence-corrected chi connectivity index (χ2v) is 6.86. The van der Waals surface area contributed by atoms with Crippen molar-refractivity contribution in [2.75, 3.05) is 14.2 Å². The number of rotatable bonds is 7. The molecule has 0 aromatic heterocycles. The van der Waals surface area contributed by atoms with E-state index in [2.05, 4.69) is 4.72 Å². The summed E-state index contributed by atoms with van der Waals surface area (Å²) in [6.07, 6.45) is 0. The number of carbonyl (C=O) groups excluding carboxylic acids is 1. The van der Waals surface area contributed by atoms with E-state index >= 15 is 0 Å². The molecule has 6 nitrogen and oxygen atoms in total. The van der Waals surface area contributed by atoms with Gasteiger partial charge in [0.1, 0.15) is 0 Å². The van der Waals surface area contributed by atoms with E-state index < -0.39 is 10.0 Å². The summed E-state index contributed by atoms with van der Waals surface area (Å²) in [7, 11) is -0.621. The Balaban J connectivity index is 2.14. The van der Waals surface area contributed by atoms with Crippen LogP contribution in [0.15, 0.2) is 47.4 Å². The van der Waals surface area contributed by atoms with Gasteiger partial charge in [0.15, 0.2) is 17.3 Å². The van der Waals surface area contributed by atoms with Gasteiger partial charge in [-0.25, -0.2) is 13.1 Å². The first-order valence-electron chi connectivity index (χ1n) is 7.19. The summed E-state index contributed by atoms with van der Waals surface area (Å²) in [6.45, 7) is 1.54. The summed E-state index contributed by atoms with van der Waals surface area (Å²) in [4.78, 5) is 11.3. The van der Waals surface area contributed by atoms with E-state index in [1.165, 1.54) is 45.4 Å². The Kier molecular flexibility index (Phi) is 5.58. The lowest BCUT2D eigenvalue weighted by molar-refractivity contribution is 0.101. The normalized spacial score (nSPS) is 11.1. The van der Waals surface area contributed by atoms with Crippen LogP contribution in [0.4, 0.5) is 0 Å². The molecule has 0 saturated heterocycles. The van der Waals surface area contributed by atoms with Crippen LogP contribution in [0.25, 0.3) is 0 Å². The van der Waals surface area contributed by atoms with Gasteiger partial charge in [-0.2, -0.15) is 0 Å². The number of carbonyl (C=O) groups is 1. The van der Waals surface area contributed by atoms with Gasteiger partial charge in [-0.3, -0.25) is 4.79 Å². The van der Waals surface area contributed by atoms with Crippen LogP contribution in [-0.4, -0.2) is 28.4 Å². The number of sulfonamides is 1. The number of nitrogens with one attached hydrogen (secondary N) is 1. The van der Waals surface area contributed by atoms with Crippen molar-refractivity contribution in [3.8, 4) is 11.5 Å². The van der Waals surface area contributed by atoms with Gasteiger partial charge >= 0.3 is 0 Å². The highest BCUT2D eigenvalue weighted by Crippen LogP contribution is 2.27. The van der Waals surface area contributed by atoms with Crippen molar-refractivity contribution in [1.29, 1.82) is 0 Å². The lowest BCUT2D eigenvalue weighted by Gasteiger charge is -2.11. The second kappa shape index (κ2) is 7.46. The van der Waals surface area contributed by atoms with Crippen molar-refractivity contribution in [1.82, 2.24) is 4.72 Å². The Labute approximate surface area is 141 Å². The first kappa shape index (κ1) is 18.0. The molecule has 7 heteroatoms. The van der Waals surface area contributed by atoms with Crippen molar-refractivity contribution < 1.29 is 22.7 Å². The highest BCUT2D eigenvalue weighted by Gasteiger charge is 2.14. The highest BCUT2D eigenvalue weighted by atomic mass is 32.2. The Morgan fingerprint density at radius 2 is 1.62 bits per heavy atom. The fraction of sp³-hybridized carbons (Fsp3) is 0.235. The van der Waals surface area contributed by atoms with Crippen molar-refractivity contribution in [2.45, 2.75) is 18.4 Å². The molecule has 0 fully saturated rings. The van der Waals surface area contributed by atoms with Crippen molar-refractivity contribution >= 4 is 15.8 Å². The van der Waals surface area contributed by atoms with E-state index in [9.17, 15) is 13.2 Å². The van der Waals surface area contributed by atoms with Crippen LogP contribution in [0.5, 0.6) is 11.5 Å². The predicted molar refractivity (Wildman–Crippen MR) is 90.0 cm³/mol. The van der Waals surface area contributed by atoms with Crippen LogP contribution >= 0.6 is 0 Å². The minimum atomic E-state index is -3.67. The molecule has 2 aromatic carbocycles. The smallest absolute Gasteiger partial charge is 0.240 e. The van der Waals surface area contributed by atoms with Crippen LogP contribution in [0.1, 0.15) is 22.8 Å². The van der Waals surface area contributed by atoms with Crippen LogP contribution in [0.3, 0.4) is 0 Å². The average molecular weight is 349 g/mol. The fourth-order valence-corrected chi connectivity index (χ4v) is 3.14. The molecule has 0 amide bonds. The molecule has 0 aliphatic heterocycles. The Bertz CT molecular complexity index is 829. The van der Waals surface area contributed by atoms with E-state index in [-0.39, 0.29) is 17.2 Å². The minimum Gasteiger partial charge on any atom is -0.493 e. The number of hydrogen-bond donors (Lipinski definition) is 1. The van der Waals surface area contributed by atoms with E-state index in [0.717, 1.165) is 5.56 Å². The maximum atomic E-state index is 12.3. The number of methoxy groups -OCH3 is 2. The van der Waals surface area contributed by atoms with Crippen LogP contribution in [-0.2, 0) is 16.6 Å². The molecular formula is C17H19NO5S. The third-order valence-electron chi connectivity index (χ3n) is 3.49. The summed E-state index contributed by atoms with van der Waals surface area (Å²) in [6, 6.07) is 11.0. The van der Waals surface area contributed by atoms with E-state index in [4.69, 9.17) is 9.47 Å². The molecule has 0 spiro atoms. The van der Waals surface area contributed by atoms with Crippen LogP contribution in [0.2, 0.25) is 0 Å². The summed E-state index contributed by atoms with van der Waals surface area (Å²) in [5.41, 5.74) is 1.20. The van der Waals surface area contributed by atoms with Crippen molar-refractivity contribution in [3.63, 3.8) is 0 Å². The zero-order valence-corrected chi connectivity index (χ0v) is 14.5. The van der Waals surface area contributed by atoms with Crippen LogP contribution < -0.4 is 14.2 Å². The summed E-state index contributed by atoms with van der Waals surface area (Å²) < 4.78 is 37.5. The Morgan fingerprint density at radius 3 is 2.17 bits per heavy atom. The van der Waals surface area contributed by atoms with Gasteiger partial charge in [0.25, 0.3) is 0 Å². The van der Waals surface area contributed by atoms with Crippen LogP contribution in [0, 0.1) is 0 Å². The SMILES string of the molecule is COc1ccc(CNS(=O)(=O)c2ccc(C(C)=O)cc2)cc1OC. The highest BCUT2D eigenvalue weighted by molar-refractivity contribution is 7.89. The number of ketones is 1. The summed E-state index contributed by atoms with van der Waals surface area (Å²) >= 11 is 0. The summed E-state index contributed by atoms with van der Waals surface area (Å²) in [5.74, 6) is 0.987. The minimum absolute atomic E-state index is 0.105. The molecule has 0 bridgehead atoms. The number of hydrogen-bond acceptors (Lipinski definition) is 5. The molecule has 128 valence electrons. The molecule has 0 heterocycles. The predicted octanol–water partition coefficient (Wildman–Crippen LogP) is 2.38.